The molecule has 30 heavy (non-hydrogen) atoms. The zero-order valence-corrected chi connectivity index (χ0v) is 17.0. The van der Waals surface area contributed by atoms with E-state index >= 15 is 0 Å². The predicted octanol–water partition coefficient (Wildman–Crippen LogP) is 2.94. The number of ether oxygens (including phenoxy) is 3. The lowest BCUT2D eigenvalue weighted by Crippen LogP contribution is -2.34. The van der Waals surface area contributed by atoms with Crippen molar-refractivity contribution >= 4 is 29.1 Å². The van der Waals surface area contributed by atoms with Gasteiger partial charge in [0, 0.05) is 16.5 Å². The number of methoxy groups -OCH3 is 2. The van der Waals surface area contributed by atoms with Gasteiger partial charge in [-0.05, 0) is 48.5 Å². The average molecular weight is 426 g/mol. The van der Waals surface area contributed by atoms with E-state index in [1.807, 2.05) is 12.1 Å². The van der Waals surface area contributed by atoms with Crippen LogP contribution in [0.15, 0.2) is 53.9 Å². The predicted molar refractivity (Wildman–Crippen MR) is 110 cm³/mol. The summed E-state index contributed by atoms with van der Waals surface area (Å²) < 4.78 is 15.1. The third-order valence-electron chi connectivity index (χ3n) is 3.99. The Labute approximate surface area is 176 Å². The summed E-state index contributed by atoms with van der Waals surface area (Å²) in [6, 6.07) is 13.5. The number of carbonyl (C=O) groups is 3. The summed E-state index contributed by atoms with van der Waals surface area (Å²) in [5, 5.41) is 4.33. The van der Waals surface area contributed by atoms with E-state index in [1.54, 1.807) is 36.8 Å². The fraction of sp³-hybridized carbons (Fsp3) is 0.143. The highest BCUT2D eigenvalue weighted by Gasteiger charge is 2.17. The average Bonchev–Trinajstić information content (AvgIpc) is 3.28. The minimum atomic E-state index is -0.752. The Morgan fingerprint density at radius 2 is 1.53 bits per heavy atom. The van der Waals surface area contributed by atoms with Gasteiger partial charge in [-0.2, -0.15) is 0 Å². The molecule has 154 valence electrons. The number of aromatic nitrogens is 1. The second-order valence-electron chi connectivity index (χ2n) is 5.95. The van der Waals surface area contributed by atoms with E-state index in [1.165, 1.54) is 30.6 Å². The summed E-state index contributed by atoms with van der Waals surface area (Å²) in [7, 11) is 3.09. The van der Waals surface area contributed by atoms with Gasteiger partial charge in [-0.15, -0.1) is 11.3 Å². The number of thiazole rings is 1. The smallest absolute Gasteiger partial charge is 0.358 e. The van der Waals surface area contributed by atoms with Crippen LogP contribution in [0.4, 0.5) is 0 Å². The summed E-state index contributed by atoms with van der Waals surface area (Å²) in [6.45, 7) is -0.601. The molecule has 9 heteroatoms. The summed E-state index contributed by atoms with van der Waals surface area (Å²) in [5.74, 6) is -0.795. The van der Waals surface area contributed by atoms with Gasteiger partial charge in [-0.3, -0.25) is 14.9 Å². The SMILES string of the molecule is COc1ccc(C(=O)NC(=O)COC(=O)c2csc(-c3ccc(OC)cc3)n2)cc1. The van der Waals surface area contributed by atoms with Crippen molar-refractivity contribution in [1.82, 2.24) is 10.3 Å². The van der Waals surface area contributed by atoms with Crippen LogP contribution < -0.4 is 14.8 Å². The van der Waals surface area contributed by atoms with Crippen molar-refractivity contribution in [2.24, 2.45) is 0 Å². The molecule has 0 unspecified atom stereocenters. The monoisotopic (exact) mass is 426 g/mol. The van der Waals surface area contributed by atoms with Crippen molar-refractivity contribution in [2.75, 3.05) is 20.8 Å². The molecule has 0 saturated heterocycles. The van der Waals surface area contributed by atoms with Gasteiger partial charge in [0.05, 0.1) is 14.2 Å². The lowest BCUT2D eigenvalue weighted by Gasteiger charge is -2.06. The standard InChI is InChI=1S/C21H18N2O6S/c1-27-15-7-3-13(4-8-15)19(25)23-18(24)11-29-21(26)17-12-30-20(22-17)14-5-9-16(28-2)10-6-14/h3-10,12H,11H2,1-2H3,(H,23,24,25). The molecule has 0 aliphatic rings. The molecule has 8 nitrogen and oxygen atoms in total. The molecule has 1 aromatic heterocycles. The van der Waals surface area contributed by atoms with Crippen molar-refractivity contribution in [1.29, 1.82) is 0 Å². The third-order valence-corrected chi connectivity index (χ3v) is 4.88. The minimum Gasteiger partial charge on any atom is -0.497 e. The molecule has 2 aromatic carbocycles. The van der Waals surface area contributed by atoms with E-state index in [2.05, 4.69) is 10.3 Å². The summed E-state index contributed by atoms with van der Waals surface area (Å²) in [4.78, 5) is 40.3. The second kappa shape index (κ2) is 9.66. The van der Waals surface area contributed by atoms with Crippen LogP contribution in [0.5, 0.6) is 11.5 Å². The highest BCUT2D eigenvalue weighted by Crippen LogP contribution is 2.25. The van der Waals surface area contributed by atoms with Gasteiger partial charge in [0.2, 0.25) is 0 Å². The van der Waals surface area contributed by atoms with Crippen molar-refractivity contribution in [2.45, 2.75) is 0 Å². The Morgan fingerprint density at radius 1 is 0.933 bits per heavy atom. The summed E-state index contributed by atoms with van der Waals surface area (Å²) in [6.07, 6.45) is 0. The zero-order valence-electron chi connectivity index (χ0n) is 16.2. The Bertz CT molecular complexity index is 1040. The number of nitrogens with zero attached hydrogens (tertiary/aromatic N) is 1. The number of hydrogen-bond acceptors (Lipinski definition) is 8. The topological polar surface area (TPSA) is 104 Å². The highest BCUT2D eigenvalue weighted by molar-refractivity contribution is 7.13. The van der Waals surface area contributed by atoms with Crippen LogP contribution in [-0.4, -0.2) is 43.6 Å². The number of esters is 1. The van der Waals surface area contributed by atoms with E-state index in [0.29, 0.717) is 16.5 Å². The maximum absolute atomic E-state index is 12.1. The van der Waals surface area contributed by atoms with Crippen molar-refractivity contribution < 1.29 is 28.6 Å². The molecule has 0 atom stereocenters. The van der Waals surface area contributed by atoms with Crippen LogP contribution in [0.1, 0.15) is 20.8 Å². The lowest BCUT2D eigenvalue weighted by atomic mass is 10.2. The fourth-order valence-electron chi connectivity index (χ4n) is 2.42. The molecule has 0 aliphatic carbocycles. The fourth-order valence-corrected chi connectivity index (χ4v) is 3.21. The first-order valence-electron chi connectivity index (χ1n) is 8.75. The Balaban J connectivity index is 1.52. The van der Waals surface area contributed by atoms with E-state index in [0.717, 1.165) is 5.56 Å². The first-order valence-corrected chi connectivity index (χ1v) is 9.63. The molecule has 1 heterocycles. The summed E-state index contributed by atoms with van der Waals surface area (Å²) in [5.41, 5.74) is 1.18. The molecule has 0 aliphatic heterocycles. The molecular formula is C21H18N2O6S. The van der Waals surface area contributed by atoms with Gasteiger partial charge in [0.15, 0.2) is 12.3 Å². The molecule has 3 rings (SSSR count). The van der Waals surface area contributed by atoms with Crippen LogP contribution >= 0.6 is 11.3 Å². The Morgan fingerprint density at radius 3 is 2.13 bits per heavy atom. The lowest BCUT2D eigenvalue weighted by molar-refractivity contribution is -0.123. The van der Waals surface area contributed by atoms with Gasteiger partial charge in [0.1, 0.15) is 16.5 Å². The molecule has 0 bridgehead atoms. The molecule has 3 aromatic rings. The van der Waals surface area contributed by atoms with Crippen molar-refractivity contribution in [3.63, 3.8) is 0 Å². The Kier molecular flexibility index (Phi) is 6.76. The molecule has 0 fully saturated rings. The van der Waals surface area contributed by atoms with Gasteiger partial charge in [-0.1, -0.05) is 0 Å². The second-order valence-corrected chi connectivity index (χ2v) is 6.81. The van der Waals surface area contributed by atoms with Crippen LogP contribution in [0.25, 0.3) is 10.6 Å². The van der Waals surface area contributed by atoms with E-state index < -0.39 is 24.4 Å². The number of nitrogens with one attached hydrogen (secondary N) is 1. The van der Waals surface area contributed by atoms with E-state index in [9.17, 15) is 14.4 Å². The normalized spacial score (nSPS) is 10.2. The maximum atomic E-state index is 12.1. The number of imide groups is 1. The third kappa shape index (κ3) is 5.21. The molecule has 1 N–H and O–H groups in total. The summed E-state index contributed by atoms with van der Waals surface area (Å²) >= 11 is 1.27. The maximum Gasteiger partial charge on any atom is 0.358 e. The first kappa shape index (κ1) is 21.0. The van der Waals surface area contributed by atoms with Crippen LogP contribution in [0.3, 0.4) is 0 Å². The number of benzene rings is 2. The quantitative estimate of drug-likeness (QED) is 0.579. The largest absolute Gasteiger partial charge is 0.497 e. The molecule has 2 amide bonds. The zero-order chi connectivity index (χ0) is 21.5. The van der Waals surface area contributed by atoms with Crippen LogP contribution in [0, 0.1) is 0 Å². The van der Waals surface area contributed by atoms with Crippen molar-refractivity contribution in [3.8, 4) is 22.1 Å². The van der Waals surface area contributed by atoms with Gasteiger partial charge in [-0.25, -0.2) is 9.78 Å². The minimum absolute atomic E-state index is 0.0834. The number of hydrogen-bond donors (Lipinski definition) is 1. The molecule has 0 spiro atoms. The van der Waals surface area contributed by atoms with Gasteiger partial charge < -0.3 is 14.2 Å². The number of rotatable bonds is 7. The molecule has 0 saturated carbocycles. The van der Waals surface area contributed by atoms with E-state index in [4.69, 9.17) is 14.2 Å². The Hall–Kier alpha value is -3.72. The van der Waals surface area contributed by atoms with Gasteiger partial charge in [0.25, 0.3) is 11.8 Å². The van der Waals surface area contributed by atoms with E-state index in [-0.39, 0.29) is 11.3 Å². The number of amides is 2. The van der Waals surface area contributed by atoms with Crippen molar-refractivity contribution in [3.05, 3.63) is 65.2 Å². The van der Waals surface area contributed by atoms with Crippen LogP contribution in [0.2, 0.25) is 0 Å². The first-order chi connectivity index (χ1) is 14.5. The van der Waals surface area contributed by atoms with Crippen LogP contribution in [-0.2, 0) is 9.53 Å². The number of carbonyl (C=O) groups excluding carboxylic acids is 3. The highest BCUT2D eigenvalue weighted by atomic mass is 32.1. The molecular weight excluding hydrogens is 408 g/mol. The van der Waals surface area contributed by atoms with Gasteiger partial charge >= 0.3 is 5.97 Å². The molecule has 0 radical (unpaired) electrons.